The number of ether oxygens (including phenoxy) is 1. The standard InChI is InChI=1S/C16H21NO3/c1-12(10-14-6-4-3-5-7-14)13(2)11-15(18)17-8-9-20-16(17)19/h3-7,12-13H,8-11H2,1-2H3/t12-,13+/m0/s1. The Morgan fingerprint density at radius 2 is 1.95 bits per heavy atom. The van der Waals surface area contributed by atoms with Gasteiger partial charge in [0, 0.05) is 6.42 Å². The lowest BCUT2D eigenvalue weighted by Crippen LogP contribution is -2.33. The summed E-state index contributed by atoms with van der Waals surface area (Å²) in [7, 11) is 0. The van der Waals surface area contributed by atoms with Crippen LogP contribution in [0.3, 0.4) is 0 Å². The maximum absolute atomic E-state index is 12.0. The molecule has 1 heterocycles. The molecule has 1 saturated heterocycles. The van der Waals surface area contributed by atoms with Gasteiger partial charge in [-0.3, -0.25) is 4.79 Å². The highest BCUT2D eigenvalue weighted by Gasteiger charge is 2.29. The second-order valence-corrected chi connectivity index (χ2v) is 5.51. The van der Waals surface area contributed by atoms with Gasteiger partial charge in [0.1, 0.15) is 6.61 Å². The Bertz CT molecular complexity index is 472. The fraction of sp³-hybridized carbons (Fsp3) is 0.500. The highest BCUT2D eigenvalue weighted by Crippen LogP contribution is 2.21. The van der Waals surface area contributed by atoms with Crippen molar-refractivity contribution in [1.82, 2.24) is 4.90 Å². The number of imide groups is 1. The van der Waals surface area contributed by atoms with Gasteiger partial charge in [0.2, 0.25) is 5.91 Å². The van der Waals surface area contributed by atoms with Crippen LogP contribution in [0, 0.1) is 11.8 Å². The summed E-state index contributed by atoms with van der Waals surface area (Å²) in [5.74, 6) is 0.496. The van der Waals surface area contributed by atoms with E-state index < -0.39 is 6.09 Å². The van der Waals surface area contributed by atoms with Crippen molar-refractivity contribution in [3.63, 3.8) is 0 Å². The Labute approximate surface area is 119 Å². The van der Waals surface area contributed by atoms with Gasteiger partial charge in [-0.15, -0.1) is 0 Å². The molecule has 0 radical (unpaired) electrons. The molecule has 0 saturated carbocycles. The van der Waals surface area contributed by atoms with E-state index in [2.05, 4.69) is 26.0 Å². The van der Waals surface area contributed by atoms with Crippen molar-refractivity contribution >= 4 is 12.0 Å². The smallest absolute Gasteiger partial charge is 0.416 e. The number of nitrogens with zero attached hydrogens (tertiary/aromatic N) is 1. The molecule has 1 aliphatic heterocycles. The first kappa shape index (κ1) is 14.6. The van der Waals surface area contributed by atoms with Crippen LogP contribution in [-0.4, -0.2) is 30.1 Å². The van der Waals surface area contributed by atoms with Gasteiger partial charge in [0.15, 0.2) is 0 Å². The number of cyclic esters (lactones) is 1. The van der Waals surface area contributed by atoms with Crippen molar-refractivity contribution in [3.05, 3.63) is 35.9 Å². The fourth-order valence-corrected chi connectivity index (χ4v) is 2.39. The maximum Gasteiger partial charge on any atom is 0.416 e. The summed E-state index contributed by atoms with van der Waals surface area (Å²) in [5.41, 5.74) is 1.28. The summed E-state index contributed by atoms with van der Waals surface area (Å²) >= 11 is 0. The minimum atomic E-state index is -0.502. The van der Waals surface area contributed by atoms with Crippen LogP contribution < -0.4 is 0 Å². The van der Waals surface area contributed by atoms with Gasteiger partial charge in [-0.2, -0.15) is 0 Å². The Balaban J connectivity index is 1.86. The molecule has 1 aliphatic rings. The van der Waals surface area contributed by atoms with E-state index in [1.807, 2.05) is 18.2 Å². The van der Waals surface area contributed by atoms with Gasteiger partial charge in [0.25, 0.3) is 0 Å². The molecule has 1 fully saturated rings. The topological polar surface area (TPSA) is 46.6 Å². The molecule has 1 aromatic carbocycles. The Hall–Kier alpha value is -1.84. The molecular weight excluding hydrogens is 254 g/mol. The number of carbonyl (C=O) groups excluding carboxylic acids is 2. The van der Waals surface area contributed by atoms with E-state index in [0.717, 1.165) is 6.42 Å². The van der Waals surface area contributed by atoms with Crippen molar-refractivity contribution < 1.29 is 14.3 Å². The van der Waals surface area contributed by atoms with Crippen LogP contribution in [-0.2, 0) is 16.0 Å². The number of hydrogen-bond donors (Lipinski definition) is 0. The average molecular weight is 275 g/mol. The molecule has 0 N–H and O–H groups in total. The van der Waals surface area contributed by atoms with Gasteiger partial charge >= 0.3 is 6.09 Å². The Morgan fingerprint density at radius 1 is 1.25 bits per heavy atom. The number of amides is 2. The average Bonchev–Trinajstić information content (AvgIpc) is 2.86. The van der Waals surface area contributed by atoms with Crippen molar-refractivity contribution in [2.75, 3.05) is 13.2 Å². The van der Waals surface area contributed by atoms with Crippen LogP contribution in [0.25, 0.3) is 0 Å². The van der Waals surface area contributed by atoms with Crippen LogP contribution in [0.15, 0.2) is 30.3 Å². The van der Waals surface area contributed by atoms with Crippen LogP contribution in [0.1, 0.15) is 25.8 Å². The first-order valence-electron chi connectivity index (χ1n) is 7.09. The van der Waals surface area contributed by atoms with Gasteiger partial charge in [-0.05, 0) is 23.8 Å². The molecular formula is C16H21NO3. The third-order valence-electron chi connectivity index (χ3n) is 3.93. The minimum Gasteiger partial charge on any atom is -0.447 e. The van der Waals surface area contributed by atoms with Crippen LogP contribution in [0.2, 0.25) is 0 Å². The highest BCUT2D eigenvalue weighted by atomic mass is 16.6. The zero-order valence-corrected chi connectivity index (χ0v) is 12.0. The van der Waals surface area contributed by atoms with E-state index in [1.54, 1.807) is 0 Å². The van der Waals surface area contributed by atoms with Crippen LogP contribution >= 0.6 is 0 Å². The predicted octanol–water partition coefficient (Wildman–Crippen LogP) is 2.87. The molecule has 2 rings (SSSR count). The third kappa shape index (κ3) is 3.59. The highest BCUT2D eigenvalue weighted by molar-refractivity contribution is 5.93. The van der Waals surface area contributed by atoms with Gasteiger partial charge in [-0.25, -0.2) is 9.69 Å². The molecule has 1 aromatic rings. The summed E-state index contributed by atoms with van der Waals surface area (Å²) < 4.78 is 4.79. The quantitative estimate of drug-likeness (QED) is 0.830. The molecule has 0 spiro atoms. The van der Waals surface area contributed by atoms with E-state index in [4.69, 9.17) is 4.74 Å². The largest absolute Gasteiger partial charge is 0.447 e. The molecule has 108 valence electrons. The third-order valence-corrected chi connectivity index (χ3v) is 3.93. The second kappa shape index (κ2) is 6.55. The maximum atomic E-state index is 12.0. The van der Waals surface area contributed by atoms with Crippen molar-refractivity contribution in [2.45, 2.75) is 26.7 Å². The van der Waals surface area contributed by atoms with Gasteiger partial charge in [0.05, 0.1) is 6.54 Å². The normalized spacial score (nSPS) is 17.7. The number of carbonyl (C=O) groups is 2. The zero-order valence-electron chi connectivity index (χ0n) is 12.0. The van der Waals surface area contributed by atoms with Crippen LogP contribution in [0.5, 0.6) is 0 Å². The predicted molar refractivity (Wildman–Crippen MR) is 76.2 cm³/mol. The number of benzene rings is 1. The number of hydrogen-bond acceptors (Lipinski definition) is 3. The van der Waals surface area contributed by atoms with Crippen LogP contribution in [0.4, 0.5) is 4.79 Å². The van der Waals surface area contributed by atoms with Crippen molar-refractivity contribution in [1.29, 1.82) is 0 Å². The van der Waals surface area contributed by atoms with E-state index in [9.17, 15) is 9.59 Å². The Morgan fingerprint density at radius 3 is 2.55 bits per heavy atom. The molecule has 0 bridgehead atoms. The van der Waals surface area contributed by atoms with Crippen molar-refractivity contribution in [2.24, 2.45) is 11.8 Å². The van der Waals surface area contributed by atoms with Gasteiger partial charge in [-0.1, -0.05) is 44.2 Å². The van der Waals surface area contributed by atoms with E-state index >= 15 is 0 Å². The number of rotatable bonds is 5. The molecule has 0 unspecified atom stereocenters. The molecule has 0 aliphatic carbocycles. The van der Waals surface area contributed by atoms with E-state index in [-0.39, 0.29) is 11.8 Å². The van der Waals surface area contributed by atoms with E-state index in [1.165, 1.54) is 10.5 Å². The van der Waals surface area contributed by atoms with Crippen molar-refractivity contribution in [3.8, 4) is 0 Å². The summed E-state index contributed by atoms with van der Waals surface area (Å²) in [6, 6.07) is 10.3. The Kier molecular flexibility index (Phi) is 4.77. The monoisotopic (exact) mass is 275 g/mol. The summed E-state index contributed by atoms with van der Waals surface area (Å²) in [6.45, 7) is 4.91. The molecule has 2 atom stereocenters. The summed E-state index contributed by atoms with van der Waals surface area (Å²) in [5, 5.41) is 0. The lowest BCUT2D eigenvalue weighted by atomic mass is 9.87. The van der Waals surface area contributed by atoms with Gasteiger partial charge < -0.3 is 4.74 Å². The molecule has 4 nitrogen and oxygen atoms in total. The van der Waals surface area contributed by atoms with E-state index in [0.29, 0.717) is 25.5 Å². The first-order valence-corrected chi connectivity index (χ1v) is 7.09. The fourth-order valence-electron chi connectivity index (χ4n) is 2.39. The second-order valence-electron chi connectivity index (χ2n) is 5.51. The summed E-state index contributed by atoms with van der Waals surface area (Å²) in [4.78, 5) is 24.6. The molecule has 4 heteroatoms. The minimum absolute atomic E-state index is 0.125. The molecule has 20 heavy (non-hydrogen) atoms. The summed E-state index contributed by atoms with van der Waals surface area (Å²) in [6.07, 6.45) is 0.834. The molecule has 2 amide bonds. The lowest BCUT2D eigenvalue weighted by Gasteiger charge is -2.21. The lowest BCUT2D eigenvalue weighted by molar-refractivity contribution is -0.128. The SMILES string of the molecule is C[C@H](CC(=O)N1CCOC1=O)[C@@H](C)Cc1ccccc1. The zero-order chi connectivity index (χ0) is 14.5. The molecule has 0 aromatic heterocycles. The first-order chi connectivity index (χ1) is 9.58.